The molecule has 6 N–H and O–H groups in total. The van der Waals surface area contributed by atoms with Crippen molar-refractivity contribution >= 4 is 5.91 Å². The van der Waals surface area contributed by atoms with Crippen LogP contribution in [0.15, 0.2) is 48.6 Å². The molecule has 1 aliphatic heterocycles. The molecule has 350 valence electrons. The number of allylic oxidation sites excluding steroid dienone is 7. The number of carbonyl (C=O) groups is 1. The first kappa shape index (κ1) is 56.2. The molecule has 1 heterocycles. The molecule has 1 amide bonds. The van der Waals surface area contributed by atoms with Crippen molar-refractivity contribution in [3.05, 3.63) is 48.6 Å². The molecule has 1 aliphatic rings. The summed E-state index contributed by atoms with van der Waals surface area (Å²) in [5.74, 6) is -0.200. The third kappa shape index (κ3) is 31.1. The van der Waals surface area contributed by atoms with Crippen LogP contribution in [0.25, 0.3) is 0 Å². The molecule has 0 aromatic heterocycles. The SMILES string of the molecule is CCCCCCCCCCC/C=C\CCCCCCCC(=O)NC(COC1OC(CO)C(O)C(O)C1O)C(O)/C=C/CC/C=C/CC/C=C/CCCCCCCCCCC. The Hall–Kier alpha value is -1.85. The number of amides is 1. The van der Waals surface area contributed by atoms with Crippen molar-refractivity contribution in [2.75, 3.05) is 13.2 Å². The predicted octanol–water partition coefficient (Wildman–Crippen LogP) is 11.0. The lowest BCUT2D eigenvalue weighted by atomic mass is 9.99. The Morgan fingerprint density at radius 2 is 0.950 bits per heavy atom. The number of hydrogen-bond donors (Lipinski definition) is 6. The van der Waals surface area contributed by atoms with Crippen molar-refractivity contribution in [2.24, 2.45) is 0 Å². The van der Waals surface area contributed by atoms with Crippen molar-refractivity contribution in [3.63, 3.8) is 0 Å². The van der Waals surface area contributed by atoms with Crippen molar-refractivity contribution < 1.29 is 39.8 Å². The summed E-state index contributed by atoms with van der Waals surface area (Å²) in [7, 11) is 0. The van der Waals surface area contributed by atoms with Crippen LogP contribution in [-0.4, -0.2) is 87.5 Å². The van der Waals surface area contributed by atoms with Gasteiger partial charge in [-0.2, -0.15) is 0 Å². The number of rotatable bonds is 41. The largest absolute Gasteiger partial charge is 0.394 e. The molecule has 9 heteroatoms. The van der Waals surface area contributed by atoms with Gasteiger partial charge in [0.05, 0.1) is 25.4 Å². The zero-order chi connectivity index (χ0) is 43.7. The lowest BCUT2D eigenvalue weighted by Crippen LogP contribution is -2.60. The predicted molar refractivity (Wildman–Crippen MR) is 249 cm³/mol. The number of carbonyl (C=O) groups excluding carboxylic acids is 1. The molecular weight excluding hydrogens is 755 g/mol. The summed E-state index contributed by atoms with van der Waals surface area (Å²) in [6, 6.07) is -0.832. The summed E-state index contributed by atoms with van der Waals surface area (Å²) in [6.45, 7) is 3.75. The van der Waals surface area contributed by atoms with Crippen LogP contribution in [0.2, 0.25) is 0 Å². The molecule has 7 atom stereocenters. The van der Waals surface area contributed by atoms with E-state index in [0.29, 0.717) is 6.42 Å². The molecule has 0 aromatic rings. The average Bonchev–Trinajstić information content (AvgIpc) is 3.25. The molecule has 0 aliphatic carbocycles. The van der Waals surface area contributed by atoms with E-state index < -0.39 is 49.5 Å². The van der Waals surface area contributed by atoms with E-state index in [1.807, 2.05) is 6.08 Å². The lowest BCUT2D eigenvalue weighted by molar-refractivity contribution is -0.302. The second kappa shape index (κ2) is 41.2. The number of nitrogens with one attached hydrogen (secondary N) is 1. The highest BCUT2D eigenvalue weighted by atomic mass is 16.7. The number of ether oxygens (including phenoxy) is 2. The molecule has 0 radical (unpaired) electrons. The van der Waals surface area contributed by atoms with E-state index >= 15 is 0 Å². The zero-order valence-electron chi connectivity index (χ0n) is 38.5. The second-order valence-corrected chi connectivity index (χ2v) is 17.2. The average molecular weight is 848 g/mol. The van der Waals surface area contributed by atoms with Gasteiger partial charge in [0.15, 0.2) is 6.29 Å². The molecule has 0 spiro atoms. The van der Waals surface area contributed by atoms with Crippen LogP contribution in [0.4, 0.5) is 0 Å². The summed E-state index contributed by atoms with van der Waals surface area (Å²) in [5.41, 5.74) is 0. The van der Waals surface area contributed by atoms with Crippen LogP contribution < -0.4 is 5.32 Å². The normalized spacial score (nSPS) is 20.9. The Kier molecular flexibility index (Phi) is 38.5. The van der Waals surface area contributed by atoms with Gasteiger partial charge in [-0.1, -0.05) is 184 Å². The quantitative estimate of drug-likeness (QED) is 0.0263. The minimum absolute atomic E-state index is 0.200. The summed E-state index contributed by atoms with van der Waals surface area (Å²) < 4.78 is 11.2. The summed E-state index contributed by atoms with van der Waals surface area (Å²) in [6.07, 6.45) is 45.8. The first-order chi connectivity index (χ1) is 29.3. The van der Waals surface area contributed by atoms with Crippen molar-refractivity contribution in [1.82, 2.24) is 5.32 Å². The van der Waals surface area contributed by atoms with Gasteiger partial charge in [0.1, 0.15) is 24.4 Å². The molecule has 0 saturated carbocycles. The molecule has 1 saturated heterocycles. The highest BCUT2D eigenvalue weighted by Gasteiger charge is 2.44. The van der Waals surface area contributed by atoms with E-state index in [-0.39, 0.29) is 12.5 Å². The summed E-state index contributed by atoms with van der Waals surface area (Å²) in [5, 5.41) is 54.3. The molecule has 9 nitrogen and oxygen atoms in total. The topological polar surface area (TPSA) is 149 Å². The fraction of sp³-hybridized carbons (Fsp3) is 0.824. The van der Waals surface area contributed by atoms with Crippen molar-refractivity contribution in [3.8, 4) is 0 Å². The fourth-order valence-electron chi connectivity index (χ4n) is 7.59. The molecule has 7 unspecified atom stereocenters. The van der Waals surface area contributed by atoms with E-state index in [0.717, 1.165) is 64.2 Å². The molecule has 1 fully saturated rings. The van der Waals surface area contributed by atoms with Crippen LogP contribution in [0.5, 0.6) is 0 Å². The van der Waals surface area contributed by atoms with Gasteiger partial charge in [0.25, 0.3) is 0 Å². The first-order valence-electron chi connectivity index (χ1n) is 24.9. The maximum absolute atomic E-state index is 13.0. The van der Waals surface area contributed by atoms with Gasteiger partial charge in [-0.25, -0.2) is 0 Å². The Morgan fingerprint density at radius 1 is 0.550 bits per heavy atom. The van der Waals surface area contributed by atoms with E-state index in [2.05, 4.69) is 55.6 Å². The van der Waals surface area contributed by atoms with Gasteiger partial charge in [0, 0.05) is 6.42 Å². The van der Waals surface area contributed by atoms with Crippen LogP contribution >= 0.6 is 0 Å². The highest BCUT2D eigenvalue weighted by molar-refractivity contribution is 5.76. The Morgan fingerprint density at radius 3 is 1.40 bits per heavy atom. The maximum Gasteiger partial charge on any atom is 0.220 e. The molecular formula is C51H93NO8. The van der Waals surface area contributed by atoms with E-state index in [9.17, 15) is 30.3 Å². The van der Waals surface area contributed by atoms with Gasteiger partial charge in [0.2, 0.25) is 5.91 Å². The second-order valence-electron chi connectivity index (χ2n) is 17.2. The zero-order valence-corrected chi connectivity index (χ0v) is 38.5. The Labute approximate surface area is 367 Å². The monoisotopic (exact) mass is 848 g/mol. The summed E-state index contributed by atoms with van der Waals surface area (Å²) in [4.78, 5) is 13.0. The fourth-order valence-corrected chi connectivity index (χ4v) is 7.59. The minimum atomic E-state index is -1.58. The van der Waals surface area contributed by atoms with Gasteiger partial charge >= 0.3 is 0 Å². The minimum Gasteiger partial charge on any atom is -0.394 e. The van der Waals surface area contributed by atoms with E-state index in [4.69, 9.17) is 9.47 Å². The summed E-state index contributed by atoms with van der Waals surface area (Å²) >= 11 is 0. The van der Waals surface area contributed by atoms with Gasteiger partial charge < -0.3 is 40.3 Å². The molecule has 0 bridgehead atoms. The molecule has 1 rings (SSSR count). The first-order valence-corrected chi connectivity index (χ1v) is 24.9. The Bertz CT molecular complexity index is 1080. The number of aliphatic hydroxyl groups excluding tert-OH is 5. The smallest absolute Gasteiger partial charge is 0.220 e. The van der Waals surface area contributed by atoms with Crippen LogP contribution in [0.1, 0.15) is 213 Å². The maximum atomic E-state index is 13.0. The lowest BCUT2D eigenvalue weighted by Gasteiger charge is -2.40. The highest BCUT2D eigenvalue weighted by Crippen LogP contribution is 2.22. The van der Waals surface area contributed by atoms with E-state index in [1.165, 1.54) is 128 Å². The van der Waals surface area contributed by atoms with Crippen LogP contribution in [0, 0.1) is 0 Å². The van der Waals surface area contributed by atoms with Crippen molar-refractivity contribution in [1.29, 1.82) is 0 Å². The third-order valence-electron chi connectivity index (χ3n) is 11.6. The van der Waals surface area contributed by atoms with Gasteiger partial charge in [-0.3, -0.25) is 4.79 Å². The van der Waals surface area contributed by atoms with E-state index in [1.54, 1.807) is 6.08 Å². The van der Waals surface area contributed by atoms with Gasteiger partial charge in [-0.15, -0.1) is 0 Å². The molecule has 0 aromatic carbocycles. The number of unbranched alkanes of at least 4 members (excludes halogenated alkanes) is 25. The standard InChI is InChI=1S/C51H93NO8/c1-3-5-7-9-11-13-15-17-19-21-23-24-26-28-30-32-34-36-38-40-45(54)44(43-59-51-50(58)49(57)48(56)46(42-53)60-51)52-47(55)41-39-37-35-33-31-29-27-25-22-20-18-16-14-12-10-8-6-4-2/h23-25,27,30,32,38,40,44-46,48-51,53-54,56-58H,3-22,26,28-29,31,33-37,39,41-43H2,1-2H3,(H,52,55)/b24-23+,27-25-,32-30+,40-38+. The number of aliphatic hydroxyl groups is 5. The third-order valence-corrected chi connectivity index (χ3v) is 11.6. The van der Waals surface area contributed by atoms with Crippen LogP contribution in [0.3, 0.4) is 0 Å². The number of hydrogen-bond acceptors (Lipinski definition) is 8. The van der Waals surface area contributed by atoms with Crippen LogP contribution in [-0.2, 0) is 14.3 Å². The van der Waals surface area contributed by atoms with Gasteiger partial charge in [-0.05, 0) is 70.6 Å². The molecule has 60 heavy (non-hydrogen) atoms. The van der Waals surface area contributed by atoms with Crippen molar-refractivity contribution in [2.45, 2.75) is 256 Å². The Balaban J connectivity index is 2.37.